The second kappa shape index (κ2) is 4.90. The third-order valence-electron chi connectivity index (χ3n) is 2.41. The zero-order valence-corrected chi connectivity index (χ0v) is 11.2. The third-order valence-corrected chi connectivity index (χ3v) is 3.70. The molecule has 2 nitrogen and oxygen atoms in total. The van der Waals surface area contributed by atoms with E-state index in [0.29, 0.717) is 16.3 Å². The number of carbonyl (C=O) groups excluding carboxylic acids is 1. The number of rotatable bonds is 2. The van der Waals surface area contributed by atoms with E-state index in [0.717, 1.165) is 9.75 Å². The monoisotopic (exact) mass is 265 g/mol. The number of hydrogen-bond acceptors (Lipinski definition) is 2. The van der Waals surface area contributed by atoms with Gasteiger partial charge in [0.2, 0.25) is 0 Å². The lowest BCUT2D eigenvalue weighted by molar-refractivity contribution is 0.102. The van der Waals surface area contributed by atoms with Crippen LogP contribution >= 0.6 is 22.9 Å². The lowest BCUT2D eigenvalue weighted by Gasteiger charge is -2.06. The second-order valence-corrected chi connectivity index (χ2v) is 5.63. The van der Waals surface area contributed by atoms with Crippen molar-refractivity contribution in [3.63, 3.8) is 0 Å². The van der Waals surface area contributed by atoms with Crippen LogP contribution in [0.1, 0.15) is 20.1 Å². The van der Waals surface area contributed by atoms with Crippen molar-refractivity contribution in [3.05, 3.63) is 50.7 Å². The standard InChI is InChI=1S/C13H12ClNOS/c1-8-7-10(9(2)17-8)13(16)15-12-6-4-3-5-11(12)14/h3-7H,1-2H3,(H,15,16). The van der Waals surface area contributed by atoms with E-state index in [1.165, 1.54) is 0 Å². The van der Waals surface area contributed by atoms with Gasteiger partial charge in [-0.15, -0.1) is 11.3 Å². The lowest BCUT2D eigenvalue weighted by Crippen LogP contribution is -2.12. The fourth-order valence-corrected chi connectivity index (χ4v) is 2.71. The fourth-order valence-electron chi connectivity index (χ4n) is 1.61. The first kappa shape index (κ1) is 12.1. The number of hydrogen-bond donors (Lipinski definition) is 1. The summed E-state index contributed by atoms with van der Waals surface area (Å²) in [6.45, 7) is 3.93. The molecule has 1 heterocycles. The summed E-state index contributed by atoms with van der Waals surface area (Å²) in [5.74, 6) is -0.111. The first-order valence-electron chi connectivity index (χ1n) is 5.21. The number of nitrogens with one attached hydrogen (secondary N) is 1. The van der Waals surface area contributed by atoms with Crippen LogP contribution in [0.15, 0.2) is 30.3 Å². The first-order valence-corrected chi connectivity index (χ1v) is 6.40. The number of thiophene rings is 1. The molecule has 0 saturated carbocycles. The van der Waals surface area contributed by atoms with Gasteiger partial charge in [0.25, 0.3) is 5.91 Å². The highest BCUT2D eigenvalue weighted by atomic mass is 35.5. The summed E-state index contributed by atoms with van der Waals surface area (Å²) in [6.07, 6.45) is 0. The van der Waals surface area contributed by atoms with E-state index < -0.39 is 0 Å². The van der Waals surface area contributed by atoms with E-state index in [-0.39, 0.29) is 5.91 Å². The van der Waals surface area contributed by atoms with Gasteiger partial charge in [0.05, 0.1) is 16.3 Å². The number of carbonyl (C=O) groups is 1. The molecule has 0 spiro atoms. The molecular formula is C13H12ClNOS. The third kappa shape index (κ3) is 2.68. The average molecular weight is 266 g/mol. The molecule has 0 aliphatic rings. The van der Waals surface area contributed by atoms with Crippen LogP contribution in [0.4, 0.5) is 5.69 Å². The average Bonchev–Trinajstić information content (AvgIpc) is 2.61. The van der Waals surface area contributed by atoms with Gasteiger partial charge in [-0.3, -0.25) is 4.79 Å². The summed E-state index contributed by atoms with van der Waals surface area (Å²) < 4.78 is 0. The number of aryl methyl sites for hydroxylation is 2. The summed E-state index contributed by atoms with van der Waals surface area (Å²) in [5.41, 5.74) is 1.36. The highest BCUT2D eigenvalue weighted by Gasteiger charge is 2.12. The number of amides is 1. The minimum absolute atomic E-state index is 0.111. The quantitative estimate of drug-likeness (QED) is 0.863. The van der Waals surface area contributed by atoms with Gasteiger partial charge in [-0.25, -0.2) is 0 Å². The Morgan fingerprint density at radius 3 is 2.59 bits per heavy atom. The van der Waals surface area contributed by atoms with Gasteiger partial charge in [0, 0.05) is 9.75 Å². The molecule has 0 radical (unpaired) electrons. The Morgan fingerprint density at radius 1 is 1.29 bits per heavy atom. The summed E-state index contributed by atoms with van der Waals surface area (Å²) in [5, 5.41) is 3.36. The fraction of sp³-hybridized carbons (Fsp3) is 0.154. The van der Waals surface area contributed by atoms with Crippen LogP contribution < -0.4 is 5.32 Å². The molecule has 0 atom stereocenters. The maximum absolute atomic E-state index is 12.0. The molecule has 0 aliphatic heterocycles. The molecule has 17 heavy (non-hydrogen) atoms. The van der Waals surface area contributed by atoms with Crippen molar-refractivity contribution in [2.75, 3.05) is 5.32 Å². The molecule has 4 heteroatoms. The Balaban J connectivity index is 2.23. The van der Waals surface area contributed by atoms with Crippen molar-refractivity contribution >= 4 is 34.5 Å². The molecular weight excluding hydrogens is 254 g/mol. The number of para-hydroxylation sites is 1. The van der Waals surface area contributed by atoms with E-state index in [4.69, 9.17) is 11.6 Å². The Kier molecular flexibility index (Phi) is 3.50. The number of halogens is 1. The highest BCUT2D eigenvalue weighted by Crippen LogP contribution is 2.24. The summed E-state index contributed by atoms with van der Waals surface area (Å²) in [7, 11) is 0. The Bertz CT molecular complexity index is 562. The van der Waals surface area contributed by atoms with Crippen molar-refractivity contribution < 1.29 is 4.79 Å². The predicted octanol–water partition coefficient (Wildman–Crippen LogP) is 4.27. The van der Waals surface area contributed by atoms with Gasteiger partial charge >= 0.3 is 0 Å². The molecule has 0 unspecified atom stereocenters. The number of benzene rings is 1. The lowest BCUT2D eigenvalue weighted by atomic mass is 10.2. The molecule has 1 aromatic carbocycles. The molecule has 1 N–H and O–H groups in total. The van der Waals surface area contributed by atoms with E-state index in [1.807, 2.05) is 32.0 Å². The molecule has 2 rings (SSSR count). The summed E-state index contributed by atoms with van der Waals surface area (Å²) in [4.78, 5) is 14.2. The van der Waals surface area contributed by atoms with E-state index in [2.05, 4.69) is 5.32 Å². The highest BCUT2D eigenvalue weighted by molar-refractivity contribution is 7.12. The van der Waals surface area contributed by atoms with Crippen molar-refractivity contribution in [3.8, 4) is 0 Å². The maximum atomic E-state index is 12.0. The molecule has 0 bridgehead atoms. The van der Waals surface area contributed by atoms with Crippen molar-refractivity contribution in [2.24, 2.45) is 0 Å². The van der Waals surface area contributed by atoms with Crippen LogP contribution in [-0.4, -0.2) is 5.91 Å². The molecule has 2 aromatic rings. The molecule has 1 aromatic heterocycles. The largest absolute Gasteiger partial charge is 0.321 e. The molecule has 0 fully saturated rings. The van der Waals surface area contributed by atoms with Gasteiger partial charge < -0.3 is 5.32 Å². The van der Waals surface area contributed by atoms with Crippen LogP contribution in [0.3, 0.4) is 0 Å². The van der Waals surface area contributed by atoms with E-state index in [9.17, 15) is 4.79 Å². The Hall–Kier alpha value is -1.32. The Labute approximate surface area is 109 Å². The SMILES string of the molecule is Cc1cc(C(=O)Nc2ccccc2Cl)c(C)s1. The normalized spacial score (nSPS) is 10.3. The smallest absolute Gasteiger partial charge is 0.256 e. The van der Waals surface area contributed by atoms with Gasteiger partial charge in [-0.1, -0.05) is 23.7 Å². The predicted molar refractivity (Wildman–Crippen MR) is 73.2 cm³/mol. The number of anilines is 1. The van der Waals surface area contributed by atoms with Crippen LogP contribution in [-0.2, 0) is 0 Å². The van der Waals surface area contributed by atoms with Gasteiger partial charge in [0.15, 0.2) is 0 Å². The zero-order valence-electron chi connectivity index (χ0n) is 9.58. The zero-order chi connectivity index (χ0) is 12.4. The van der Waals surface area contributed by atoms with E-state index >= 15 is 0 Å². The molecule has 88 valence electrons. The second-order valence-electron chi connectivity index (χ2n) is 3.76. The van der Waals surface area contributed by atoms with Crippen LogP contribution in [0.25, 0.3) is 0 Å². The Morgan fingerprint density at radius 2 is 2.00 bits per heavy atom. The van der Waals surface area contributed by atoms with Gasteiger partial charge in [-0.05, 0) is 32.0 Å². The molecule has 0 saturated heterocycles. The molecule has 1 amide bonds. The summed E-state index contributed by atoms with van der Waals surface area (Å²) in [6, 6.07) is 9.11. The molecule has 0 aliphatic carbocycles. The topological polar surface area (TPSA) is 29.1 Å². The van der Waals surface area contributed by atoms with Crippen LogP contribution in [0, 0.1) is 13.8 Å². The van der Waals surface area contributed by atoms with Crippen molar-refractivity contribution in [2.45, 2.75) is 13.8 Å². The summed E-state index contributed by atoms with van der Waals surface area (Å²) >= 11 is 7.61. The first-order chi connectivity index (χ1) is 8.08. The van der Waals surface area contributed by atoms with Crippen molar-refractivity contribution in [1.82, 2.24) is 0 Å². The van der Waals surface area contributed by atoms with Gasteiger partial charge in [-0.2, -0.15) is 0 Å². The minimum Gasteiger partial charge on any atom is -0.321 e. The van der Waals surface area contributed by atoms with Crippen LogP contribution in [0.5, 0.6) is 0 Å². The van der Waals surface area contributed by atoms with Gasteiger partial charge in [0.1, 0.15) is 0 Å². The van der Waals surface area contributed by atoms with Crippen LogP contribution in [0.2, 0.25) is 5.02 Å². The van der Waals surface area contributed by atoms with E-state index in [1.54, 1.807) is 23.5 Å². The van der Waals surface area contributed by atoms with Crippen molar-refractivity contribution in [1.29, 1.82) is 0 Å². The maximum Gasteiger partial charge on any atom is 0.256 e. The minimum atomic E-state index is -0.111.